The van der Waals surface area contributed by atoms with Crippen molar-refractivity contribution in [1.29, 1.82) is 0 Å². The largest absolute Gasteiger partial charge is 0.311 e. The fraction of sp³-hybridized carbons (Fsp3) is 0.111. The maximum atomic E-state index is 12.7. The van der Waals surface area contributed by atoms with Crippen LogP contribution in [0.3, 0.4) is 0 Å². The van der Waals surface area contributed by atoms with Gasteiger partial charge in [-0.3, -0.25) is 14.2 Å². The number of carbonyl (C=O) groups is 1. The Morgan fingerprint density at radius 3 is 2.32 bits per heavy atom. The predicted octanol–water partition coefficient (Wildman–Crippen LogP) is 3.01. The Balaban J connectivity index is 2.18. The van der Waals surface area contributed by atoms with Crippen LogP contribution in [0, 0.1) is 0 Å². The number of nitrogens with zero attached hydrogens (tertiary/aromatic N) is 1. The van der Waals surface area contributed by atoms with E-state index in [4.69, 9.17) is 0 Å². The number of carbonyl (C=O) groups excluding carboxylic acids is 1. The smallest absolute Gasteiger partial charge is 0.260 e. The van der Waals surface area contributed by atoms with E-state index in [1.165, 1.54) is 0 Å². The Bertz CT molecular complexity index is 942. The number of aromatic nitrogens is 1. The zero-order valence-corrected chi connectivity index (χ0v) is 11.9. The van der Waals surface area contributed by atoms with Gasteiger partial charge in [0.25, 0.3) is 5.56 Å². The first-order chi connectivity index (χ1) is 10.8. The van der Waals surface area contributed by atoms with Crippen LogP contribution in [-0.2, 0) is 11.3 Å². The lowest BCUT2D eigenvalue weighted by Crippen LogP contribution is -2.32. The van der Waals surface area contributed by atoms with Crippen LogP contribution in [0.4, 0.5) is 5.82 Å². The zero-order chi connectivity index (χ0) is 15.1. The topological polar surface area (TPSA) is 51.1 Å². The highest BCUT2D eigenvalue weighted by Gasteiger charge is 2.22. The lowest BCUT2D eigenvalue weighted by molar-refractivity contribution is -0.116. The predicted molar refractivity (Wildman–Crippen MR) is 86.9 cm³/mol. The second kappa shape index (κ2) is 4.84. The summed E-state index contributed by atoms with van der Waals surface area (Å²) in [5.41, 5.74) is 1.85. The summed E-state index contributed by atoms with van der Waals surface area (Å²) < 4.78 is 1.67. The van der Waals surface area contributed by atoms with Crippen molar-refractivity contribution in [1.82, 2.24) is 4.57 Å². The molecule has 0 aliphatic carbocycles. The first kappa shape index (κ1) is 12.8. The Labute approximate surface area is 127 Å². The molecular formula is C18H14N2O2. The number of amides is 1. The minimum Gasteiger partial charge on any atom is -0.311 e. The molecule has 0 radical (unpaired) electrons. The summed E-state index contributed by atoms with van der Waals surface area (Å²) in [7, 11) is 0. The average molecular weight is 290 g/mol. The normalized spacial score (nSPS) is 13.7. The van der Waals surface area contributed by atoms with Crippen LogP contribution in [0.5, 0.6) is 0 Å². The average Bonchev–Trinajstić information content (AvgIpc) is 2.56. The molecule has 108 valence electrons. The summed E-state index contributed by atoms with van der Waals surface area (Å²) in [5.74, 6) is 0.554. The van der Waals surface area contributed by atoms with Crippen molar-refractivity contribution in [3.05, 3.63) is 65.0 Å². The van der Waals surface area contributed by atoms with Crippen molar-refractivity contribution in [3.63, 3.8) is 0 Å². The molecule has 4 heteroatoms. The van der Waals surface area contributed by atoms with E-state index in [0.717, 1.165) is 16.5 Å². The maximum absolute atomic E-state index is 12.7. The van der Waals surface area contributed by atoms with Crippen molar-refractivity contribution in [2.75, 3.05) is 5.32 Å². The standard InChI is InChI=1S/C18H14N2O2/c21-15-10-11-20-17(19-15)16(12-6-2-1-3-7-12)13-8-4-5-9-14(13)18(20)22/h1-9H,10-11H2,(H,19,21). The van der Waals surface area contributed by atoms with E-state index in [1.807, 2.05) is 54.6 Å². The molecule has 1 aliphatic heterocycles. The zero-order valence-electron chi connectivity index (χ0n) is 11.9. The van der Waals surface area contributed by atoms with E-state index in [-0.39, 0.29) is 11.5 Å². The van der Waals surface area contributed by atoms with Crippen LogP contribution in [0.2, 0.25) is 0 Å². The second-order valence-corrected chi connectivity index (χ2v) is 5.39. The highest BCUT2D eigenvalue weighted by atomic mass is 16.2. The van der Waals surface area contributed by atoms with Gasteiger partial charge in [-0.25, -0.2) is 0 Å². The molecule has 0 unspecified atom stereocenters. The SMILES string of the molecule is O=C1CCn2c(c(-c3ccccc3)c3ccccc3c2=O)N1. The van der Waals surface area contributed by atoms with E-state index in [9.17, 15) is 9.59 Å². The van der Waals surface area contributed by atoms with Gasteiger partial charge < -0.3 is 5.32 Å². The van der Waals surface area contributed by atoms with E-state index in [1.54, 1.807) is 4.57 Å². The van der Waals surface area contributed by atoms with Crippen molar-refractivity contribution < 1.29 is 4.79 Å². The third kappa shape index (κ3) is 1.84. The van der Waals surface area contributed by atoms with Gasteiger partial charge in [-0.1, -0.05) is 48.5 Å². The highest BCUT2D eigenvalue weighted by Crippen LogP contribution is 2.35. The first-order valence-corrected chi connectivity index (χ1v) is 7.26. The highest BCUT2D eigenvalue weighted by molar-refractivity contribution is 6.05. The quantitative estimate of drug-likeness (QED) is 0.749. The fourth-order valence-electron chi connectivity index (χ4n) is 3.05. The molecule has 1 amide bonds. The van der Waals surface area contributed by atoms with Crippen LogP contribution >= 0.6 is 0 Å². The molecule has 22 heavy (non-hydrogen) atoms. The number of anilines is 1. The van der Waals surface area contributed by atoms with Crippen molar-refractivity contribution in [2.45, 2.75) is 13.0 Å². The van der Waals surface area contributed by atoms with Crippen molar-refractivity contribution in [3.8, 4) is 11.1 Å². The van der Waals surface area contributed by atoms with Crippen LogP contribution < -0.4 is 10.9 Å². The number of rotatable bonds is 1. The number of hydrogen-bond donors (Lipinski definition) is 1. The summed E-state index contributed by atoms with van der Waals surface area (Å²) in [5, 5.41) is 4.43. The van der Waals surface area contributed by atoms with Gasteiger partial charge in [0.1, 0.15) is 5.82 Å². The molecule has 1 aromatic heterocycles. The molecule has 4 nitrogen and oxygen atoms in total. The van der Waals surface area contributed by atoms with Crippen LogP contribution in [0.1, 0.15) is 6.42 Å². The van der Waals surface area contributed by atoms with Gasteiger partial charge in [0.2, 0.25) is 5.91 Å². The molecule has 2 heterocycles. The van der Waals surface area contributed by atoms with Gasteiger partial charge in [-0.2, -0.15) is 0 Å². The molecule has 0 saturated heterocycles. The number of hydrogen-bond acceptors (Lipinski definition) is 2. The van der Waals surface area contributed by atoms with Gasteiger partial charge in [0.05, 0.1) is 0 Å². The summed E-state index contributed by atoms with van der Waals surface area (Å²) in [6.07, 6.45) is 0.333. The van der Waals surface area contributed by atoms with Gasteiger partial charge in [-0.15, -0.1) is 0 Å². The van der Waals surface area contributed by atoms with E-state index < -0.39 is 0 Å². The Kier molecular flexibility index (Phi) is 2.82. The first-order valence-electron chi connectivity index (χ1n) is 7.26. The third-order valence-electron chi connectivity index (χ3n) is 4.06. The van der Waals surface area contributed by atoms with E-state index in [2.05, 4.69) is 5.32 Å². The van der Waals surface area contributed by atoms with E-state index in [0.29, 0.717) is 24.2 Å². The molecule has 0 spiro atoms. The van der Waals surface area contributed by atoms with Crippen LogP contribution in [0.25, 0.3) is 21.9 Å². The molecular weight excluding hydrogens is 276 g/mol. The molecule has 4 rings (SSSR count). The summed E-state index contributed by atoms with van der Waals surface area (Å²) >= 11 is 0. The van der Waals surface area contributed by atoms with Gasteiger partial charge >= 0.3 is 0 Å². The number of nitrogens with one attached hydrogen (secondary N) is 1. The van der Waals surface area contributed by atoms with Crippen molar-refractivity contribution in [2.24, 2.45) is 0 Å². The molecule has 1 aliphatic rings. The number of benzene rings is 2. The Morgan fingerprint density at radius 1 is 0.864 bits per heavy atom. The van der Waals surface area contributed by atoms with Gasteiger partial charge in [-0.05, 0) is 17.0 Å². The molecule has 3 aromatic rings. The molecule has 0 fully saturated rings. The monoisotopic (exact) mass is 290 g/mol. The molecule has 2 aromatic carbocycles. The molecule has 1 N–H and O–H groups in total. The number of fused-ring (bicyclic) bond motifs is 2. The minimum absolute atomic E-state index is 0.0492. The van der Waals surface area contributed by atoms with Crippen LogP contribution in [0.15, 0.2) is 59.4 Å². The summed E-state index contributed by atoms with van der Waals surface area (Å²) in [6.45, 7) is 0.421. The van der Waals surface area contributed by atoms with Crippen molar-refractivity contribution >= 4 is 22.5 Å². The molecule has 0 atom stereocenters. The third-order valence-corrected chi connectivity index (χ3v) is 4.06. The molecule has 0 bridgehead atoms. The van der Waals surface area contributed by atoms with E-state index >= 15 is 0 Å². The summed E-state index contributed by atoms with van der Waals surface area (Å²) in [6, 6.07) is 17.4. The Morgan fingerprint density at radius 2 is 1.55 bits per heavy atom. The lowest BCUT2D eigenvalue weighted by Gasteiger charge is -2.23. The fourth-order valence-corrected chi connectivity index (χ4v) is 3.05. The van der Waals surface area contributed by atoms with Gasteiger partial charge in [0.15, 0.2) is 0 Å². The number of pyridine rings is 1. The summed E-state index contributed by atoms with van der Waals surface area (Å²) in [4.78, 5) is 24.5. The second-order valence-electron chi connectivity index (χ2n) is 5.39. The maximum Gasteiger partial charge on any atom is 0.260 e. The lowest BCUT2D eigenvalue weighted by atomic mass is 9.98. The molecule has 0 saturated carbocycles. The van der Waals surface area contributed by atoms with Crippen LogP contribution in [-0.4, -0.2) is 10.5 Å². The van der Waals surface area contributed by atoms with Gasteiger partial charge in [0, 0.05) is 23.9 Å². The minimum atomic E-state index is -0.0507. The Hall–Kier alpha value is -2.88.